The minimum absolute atomic E-state index is 0.0890. The van der Waals surface area contributed by atoms with Gasteiger partial charge in [-0.3, -0.25) is 0 Å². The summed E-state index contributed by atoms with van der Waals surface area (Å²) >= 11 is 0. The highest BCUT2D eigenvalue weighted by atomic mass is 16.3. The first-order valence-electron chi connectivity index (χ1n) is 20.5. The van der Waals surface area contributed by atoms with Gasteiger partial charge in [-0.25, -0.2) is 0 Å². The standard InChI is InChI=1S/C54H47NO/c1-6-54(7-2,8-3)38-25-27-39(28-26-38)55(40-29-30-47-46(34-40)45-32-36-17-9-10-18-37(36)33-48(45)53(47,4)5)49-31-24-35-16-11-12-19-41(35)51(49)44-22-15-21-43-42-20-13-14-23-50(42)56-52(43)44/h9-14,16-21,23-25,27,29-34H,6-8,15,22H2,1-5H3. The van der Waals surface area contributed by atoms with E-state index in [1.54, 1.807) is 0 Å². The van der Waals surface area contributed by atoms with Gasteiger partial charge in [0.15, 0.2) is 0 Å². The van der Waals surface area contributed by atoms with Gasteiger partial charge in [0.05, 0.1) is 11.4 Å². The number of hydrogen-bond acceptors (Lipinski definition) is 2. The average molecular weight is 726 g/mol. The van der Waals surface area contributed by atoms with Crippen molar-refractivity contribution in [2.24, 2.45) is 0 Å². The van der Waals surface area contributed by atoms with Crippen molar-refractivity contribution >= 4 is 61.2 Å². The van der Waals surface area contributed by atoms with Crippen LogP contribution in [0.1, 0.15) is 89.0 Å². The molecule has 1 aromatic heterocycles. The molecule has 0 saturated heterocycles. The summed E-state index contributed by atoms with van der Waals surface area (Å²) in [5, 5.41) is 7.37. The van der Waals surface area contributed by atoms with Crippen LogP contribution in [0.25, 0.3) is 55.3 Å². The second kappa shape index (κ2) is 13.0. The van der Waals surface area contributed by atoms with Gasteiger partial charge in [0, 0.05) is 43.8 Å². The third kappa shape index (κ3) is 5.10. The molecular formula is C54H47NO. The molecule has 2 heteroatoms. The van der Waals surface area contributed by atoms with E-state index < -0.39 is 0 Å². The zero-order valence-electron chi connectivity index (χ0n) is 33.1. The highest BCUT2D eigenvalue weighted by Crippen LogP contribution is 2.52. The Labute approximate surface area is 330 Å². The van der Waals surface area contributed by atoms with E-state index in [1.165, 1.54) is 71.1 Å². The van der Waals surface area contributed by atoms with E-state index in [4.69, 9.17) is 4.42 Å². The Morgan fingerprint density at radius 1 is 0.661 bits per heavy atom. The first-order valence-corrected chi connectivity index (χ1v) is 20.5. The van der Waals surface area contributed by atoms with Crippen molar-refractivity contribution in [1.82, 2.24) is 0 Å². The lowest BCUT2D eigenvalue weighted by molar-refractivity contribution is 0.382. The topological polar surface area (TPSA) is 16.4 Å². The van der Waals surface area contributed by atoms with Crippen molar-refractivity contribution in [1.29, 1.82) is 0 Å². The van der Waals surface area contributed by atoms with Crippen LogP contribution in [0.5, 0.6) is 0 Å². The fourth-order valence-electron chi connectivity index (χ4n) is 10.1. The summed E-state index contributed by atoms with van der Waals surface area (Å²) < 4.78 is 6.80. The van der Waals surface area contributed by atoms with Gasteiger partial charge in [0.25, 0.3) is 0 Å². The molecule has 0 amide bonds. The number of benzene rings is 6. The molecule has 56 heavy (non-hydrogen) atoms. The molecule has 0 N–H and O–H groups in total. The van der Waals surface area contributed by atoms with Crippen LogP contribution in [0.2, 0.25) is 0 Å². The maximum atomic E-state index is 6.80. The molecule has 2 aliphatic carbocycles. The van der Waals surface area contributed by atoms with Crippen LogP contribution in [0.3, 0.4) is 0 Å². The second-order valence-corrected chi connectivity index (χ2v) is 16.4. The molecule has 0 radical (unpaired) electrons. The minimum Gasteiger partial charge on any atom is -0.456 e. The molecule has 0 aliphatic heterocycles. The highest BCUT2D eigenvalue weighted by Gasteiger charge is 2.37. The molecule has 0 saturated carbocycles. The van der Waals surface area contributed by atoms with Gasteiger partial charge in [0.2, 0.25) is 0 Å². The van der Waals surface area contributed by atoms with E-state index in [-0.39, 0.29) is 10.8 Å². The molecule has 0 fully saturated rings. The summed E-state index contributed by atoms with van der Waals surface area (Å²) in [6.07, 6.45) is 7.43. The Hall–Kier alpha value is -6.04. The van der Waals surface area contributed by atoms with Crippen molar-refractivity contribution in [3.05, 3.63) is 172 Å². The summed E-state index contributed by atoms with van der Waals surface area (Å²) in [6, 6.07) is 54.7. The lowest BCUT2D eigenvalue weighted by atomic mass is 9.74. The highest BCUT2D eigenvalue weighted by molar-refractivity contribution is 6.03. The van der Waals surface area contributed by atoms with E-state index in [0.29, 0.717) is 0 Å². The van der Waals surface area contributed by atoms with Gasteiger partial charge in [-0.1, -0.05) is 126 Å². The lowest BCUT2D eigenvalue weighted by Crippen LogP contribution is -2.27. The zero-order valence-corrected chi connectivity index (χ0v) is 33.1. The van der Waals surface area contributed by atoms with Gasteiger partial charge >= 0.3 is 0 Å². The Morgan fingerprint density at radius 3 is 2.11 bits per heavy atom. The normalized spacial score (nSPS) is 14.3. The number of rotatable bonds is 8. The van der Waals surface area contributed by atoms with Crippen LogP contribution in [0.15, 0.2) is 132 Å². The summed E-state index contributed by atoms with van der Waals surface area (Å²) in [6.45, 7) is 11.7. The molecule has 2 aliphatic rings. The van der Waals surface area contributed by atoms with Gasteiger partial charge in [-0.05, 0) is 131 Å². The molecule has 274 valence electrons. The molecule has 1 heterocycles. The number of fused-ring (bicyclic) bond motifs is 8. The quantitative estimate of drug-likeness (QED) is 0.155. The van der Waals surface area contributed by atoms with Gasteiger partial charge in [-0.15, -0.1) is 0 Å². The van der Waals surface area contributed by atoms with Crippen LogP contribution in [-0.2, 0) is 10.8 Å². The molecule has 8 aromatic rings. The average Bonchev–Trinajstić information content (AvgIpc) is 3.73. The second-order valence-electron chi connectivity index (χ2n) is 16.4. The molecule has 2 nitrogen and oxygen atoms in total. The number of para-hydroxylation sites is 1. The number of furan rings is 1. The first kappa shape index (κ1) is 34.5. The van der Waals surface area contributed by atoms with Crippen LogP contribution >= 0.6 is 0 Å². The van der Waals surface area contributed by atoms with Crippen molar-refractivity contribution in [3.8, 4) is 11.1 Å². The summed E-state index contributed by atoms with van der Waals surface area (Å²) in [5.41, 5.74) is 14.1. The number of nitrogens with zero attached hydrogens (tertiary/aromatic N) is 1. The van der Waals surface area contributed by atoms with Crippen molar-refractivity contribution in [3.63, 3.8) is 0 Å². The Balaban J connectivity index is 1.26. The fraction of sp³-hybridized carbons (Fsp3) is 0.222. The molecule has 0 unspecified atom stereocenters. The summed E-state index contributed by atoms with van der Waals surface area (Å²) in [7, 11) is 0. The first-order chi connectivity index (χ1) is 27.3. The predicted octanol–water partition coefficient (Wildman–Crippen LogP) is 13.4. The van der Waals surface area contributed by atoms with Crippen molar-refractivity contribution in [2.75, 3.05) is 4.90 Å². The van der Waals surface area contributed by atoms with E-state index in [9.17, 15) is 0 Å². The Morgan fingerprint density at radius 2 is 1.36 bits per heavy atom. The smallest absolute Gasteiger partial charge is 0.138 e. The maximum Gasteiger partial charge on any atom is 0.138 e. The molecular weight excluding hydrogens is 679 g/mol. The van der Waals surface area contributed by atoms with Gasteiger partial charge in [-0.2, -0.15) is 0 Å². The SMILES string of the molecule is CCC(CC)(CC)c1c#cc(N(c2ccc3c(c2)-c2cc4ccccc4cc2C3(C)C)c2ccc3ccccc3c2C2=c3oc4ccccc4c3=CCC2)cc1. The number of anilines is 3. The molecule has 7 aromatic carbocycles. The molecule has 0 bridgehead atoms. The Bertz CT molecular complexity index is 2950. The van der Waals surface area contributed by atoms with E-state index in [2.05, 4.69) is 185 Å². The van der Waals surface area contributed by atoms with Crippen molar-refractivity contribution < 1.29 is 4.42 Å². The van der Waals surface area contributed by atoms with E-state index in [1.807, 2.05) is 0 Å². The maximum absolute atomic E-state index is 6.80. The third-order valence-corrected chi connectivity index (χ3v) is 13.5. The monoisotopic (exact) mass is 725 g/mol. The van der Waals surface area contributed by atoms with E-state index in [0.717, 1.165) is 60.2 Å². The third-order valence-electron chi connectivity index (χ3n) is 13.5. The van der Waals surface area contributed by atoms with Gasteiger partial charge < -0.3 is 9.32 Å². The largest absolute Gasteiger partial charge is 0.456 e. The fourth-order valence-corrected chi connectivity index (χ4v) is 10.1. The summed E-state index contributed by atoms with van der Waals surface area (Å²) in [4.78, 5) is 2.44. The summed E-state index contributed by atoms with van der Waals surface area (Å²) in [5.74, 6) is 0. The van der Waals surface area contributed by atoms with Gasteiger partial charge in [0.1, 0.15) is 11.0 Å². The van der Waals surface area contributed by atoms with E-state index >= 15 is 0 Å². The van der Waals surface area contributed by atoms with Crippen molar-refractivity contribution in [2.45, 2.75) is 77.6 Å². The molecule has 0 atom stereocenters. The minimum atomic E-state index is -0.121. The lowest BCUT2D eigenvalue weighted by Gasteiger charge is -2.31. The number of hydrogen-bond donors (Lipinski definition) is 0. The zero-order chi connectivity index (χ0) is 38.2. The van der Waals surface area contributed by atoms with Crippen LogP contribution in [0.4, 0.5) is 17.1 Å². The van der Waals surface area contributed by atoms with Crippen LogP contribution in [-0.4, -0.2) is 0 Å². The van der Waals surface area contributed by atoms with Crippen LogP contribution in [0, 0.1) is 12.1 Å². The molecule has 0 spiro atoms. The molecule has 10 rings (SSSR count). The van der Waals surface area contributed by atoms with Crippen LogP contribution < -0.4 is 15.5 Å². The predicted molar refractivity (Wildman–Crippen MR) is 236 cm³/mol. The Kier molecular flexibility index (Phi) is 8.02.